The third kappa shape index (κ3) is 5.12. The summed E-state index contributed by atoms with van der Waals surface area (Å²) in [7, 11) is 0. The smallest absolute Gasteiger partial charge is 0.339 e. The third-order valence-corrected chi connectivity index (χ3v) is 6.16. The molecule has 1 heterocycles. The second kappa shape index (κ2) is 9.73. The van der Waals surface area contributed by atoms with E-state index in [-0.39, 0.29) is 29.6 Å². The number of hydrogen-bond acceptors (Lipinski definition) is 6. The molecule has 8 nitrogen and oxygen atoms in total. The Kier molecular flexibility index (Phi) is 7.23. The number of hydrogen-bond donors (Lipinski definition) is 5. The number of nitrogens with one attached hydrogen (secondary N) is 1. The summed E-state index contributed by atoms with van der Waals surface area (Å²) in [5.41, 5.74) is 7.37. The van der Waals surface area contributed by atoms with Gasteiger partial charge in [0, 0.05) is 38.0 Å². The number of aromatic carboxylic acids is 1. The molecule has 0 aliphatic carbocycles. The zero-order valence-corrected chi connectivity index (χ0v) is 18.4. The van der Waals surface area contributed by atoms with Crippen molar-refractivity contribution < 1.29 is 24.8 Å². The molecule has 2 atom stereocenters. The molecule has 0 spiro atoms. The summed E-state index contributed by atoms with van der Waals surface area (Å²) in [4.78, 5) is 24.9. The fraction of sp³-hybridized carbons (Fsp3) is 0.391. The molecule has 170 valence electrons. The lowest BCUT2D eigenvalue weighted by Crippen LogP contribution is -2.41. The maximum absolute atomic E-state index is 11.9. The Labute approximate surface area is 188 Å². The van der Waals surface area contributed by atoms with Gasteiger partial charge in [0.2, 0.25) is 5.91 Å². The number of carboxylic acids is 1. The molecular formula is C23H30BN3O5. The molecule has 1 amide bonds. The van der Waals surface area contributed by atoms with Crippen molar-refractivity contribution in [3.05, 3.63) is 64.7 Å². The van der Waals surface area contributed by atoms with Crippen LogP contribution in [0.5, 0.6) is 5.75 Å². The summed E-state index contributed by atoms with van der Waals surface area (Å²) in [6.07, 6.45) is 0.748. The topological polar surface area (TPSA) is 136 Å². The fourth-order valence-electron chi connectivity index (χ4n) is 4.42. The van der Waals surface area contributed by atoms with E-state index in [1.807, 2.05) is 31.2 Å². The number of carboxylic acid groups (broad SMARTS) is 1. The molecule has 2 aromatic carbocycles. The van der Waals surface area contributed by atoms with Crippen LogP contribution in [0.3, 0.4) is 0 Å². The number of carbonyl (C=O) groups excluding carboxylic acids is 1. The van der Waals surface area contributed by atoms with E-state index in [9.17, 15) is 24.8 Å². The zero-order valence-electron chi connectivity index (χ0n) is 18.4. The van der Waals surface area contributed by atoms with Crippen LogP contribution in [0, 0.1) is 0 Å². The van der Waals surface area contributed by atoms with Gasteiger partial charge in [-0.25, -0.2) is 4.79 Å². The van der Waals surface area contributed by atoms with Crippen molar-refractivity contribution in [1.29, 1.82) is 0 Å². The van der Waals surface area contributed by atoms with Crippen LogP contribution < -0.4 is 11.1 Å². The minimum Gasteiger partial charge on any atom is -0.507 e. The summed E-state index contributed by atoms with van der Waals surface area (Å²) in [5, 5.41) is 33.8. The molecule has 1 aliphatic heterocycles. The minimum atomic E-state index is -1.19. The molecule has 1 saturated heterocycles. The van der Waals surface area contributed by atoms with Crippen molar-refractivity contribution in [2.45, 2.75) is 44.6 Å². The highest BCUT2D eigenvalue weighted by molar-refractivity contribution is 6.53. The van der Waals surface area contributed by atoms with Crippen molar-refractivity contribution >= 4 is 18.8 Å². The summed E-state index contributed by atoms with van der Waals surface area (Å²) in [6.45, 7) is 4.18. The Morgan fingerprint density at radius 2 is 2.00 bits per heavy atom. The van der Waals surface area contributed by atoms with Gasteiger partial charge in [0.1, 0.15) is 11.3 Å². The van der Waals surface area contributed by atoms with E-state index < -0.39 is 18.4 Å². The number of amides is 1. The van der Waals surface area contributed by atoms with Crippen molar-refractivity contribution in [2.24, 2.45) is 5.73 Å². The van der Waals surface area contributed by atoms with E-state index in [4.69, 9.17) is 5.73 Å². The van der Waals surface area contributed by atoms with Crippen LogP contribution in [0.1, 0.15) is 40.9 Å². The van der Waals surface area contributed by atoms with Crippen molar-refractivity contribution in [3.63, 3.8) is 0 Å². The summed E-state index contributed by atoms with van der Waals surface area (Å²) in [5.74, 6) is -1.86. The first-order valence-corrected chi connectivity index (χ1v) is 10.7. The van der Waals surface area contributed by atoms with Crippen LogP contribution >= 0.6 is 0 Å². The van der Waals surface area contributed by atoms with Crippen LogP contribution in [0.25, 0.3) is 0 Å². The number of aromatic hydroxyl groups is 1. The summed E-state index contributed by atoms with van der Waals surface area (Å²) >= 11 is 0. The van der Waals surface area contributed by atoms with Gasteiger partial charge in [-0.15, -0.1) is 0 Å². The highest BCUT2D eigenvalue weighted by Crippen LogP contribution is 2.35. The van der Waals surface area contributed by atoms with E-state index >= 15 is 0 Å². The molecule has 0 radical (unpaired) electrons. The monoisotopic (exact) mass is 439 g/mol. The minimum absolute atomic E-state index is 0.0371. The fourth-order valence-corrected chi connectivity index (χ4v) is 4.42. The molecule has 1 unspecified atom stereocenters. The van der Waals surface area contributed by atoms with Gasteiger partial charge >= 0.3 is 12.9 Å². The Hall–Kier alpha value is -2.88. The average molecular weight is 439 g/mol. The van der Waals surface area contributed by atoms with E-state index in [1.165, 1.54) is 13.0 Å². The third-order valence-electron chi connectivity index (χ3n) is 6.16. The first-order chi connectivity index (χ1) is 15.1. The van der Waals surface area contributed by atoms with Crippen LogP contribution in [0.2, 0.25) is 6.32 Å². The van der Waals surface area contributed by atoms with E-state index in [0.717, 1.165) is 11.1 Å². The molecule has 1 fully saturated rings. The molecule has 9 heteroatoms. The zero-order chi connectivity index (χ0) is 23.5. The molecule has 6 N–H and O–H groups in total. The van der Waals surface area contributed by atoms with Crippen LogP contribution in [-0.2, 0) is 23.3 Å². The van der Waals surface area contributed by atoms with E-state index in [2.05, 4.69) is 5.32 Å². The standard InChI is InChI=1S/C23H30BN3O5/c1-15(28)27(10-9-25)13-16-5-3-7-18(11-16)23(2)14-24(32)20(26-23)12-17-6-4-8-19(21(17)29)22(30)31/h3-8,11,20,26,29,32H,9-10,12-14,25H2,1-2H3,(H,30,31)/t20-,23?/m0/s1. The lowest BCUT2D eigenvalue weighted by molar-refractivity contribution is -0.129. The lowest BCUT2D eigenvalue weighted by atomic mass is 9.56. The van der Waals surface area contributed by atoms with Gasteiger partial charge in [-0.2, -0.15) is 0 Å². The predicted octanol–water partition coefficient (Wildman–Crippen LogP) is 1.35. The molecule has 0 saturated carbocycles. The normalized spacial score (nSPS) is 20.4. The first kappa shape index (κ1) is 23.8. The number of carbonyl (C=O) groups is 2. The van der Waals surface area contributed by atoms with E-state index in [1.54, 1.807) is 17.0 Å². The van der Waals surface area contributed by atoms with Crippen molar-refractivity contribution in [2.75, 3.05) is 13.1 Å². The number of para-hydroxylation sites is 1. The number of rotatable bonds is 8. The highest BCUT2D eigenvalue weighted by atomic mass is 16.4. The molecule has 32 heavy (non-hydrogen) atoms. The van der Waals surface area contributed by atoms with Crippen molar-refractivity contribution in [1.82, 2.24) is 10.2 Å². The van der Waals surface area contributed by atoms with Crippen LogP contribution in [-0.4, -0.2) is 58.0 Å². The number of phenols is 1. The number of nitrogens with zero attached hydrogens (tertiary/aromatic N) is 1. The van der Waals surface area contributed by atoms with Gasteiger partial charge in [0.15, 0.2) is 0 Å². The Morgan fingerprint density at radius 1 is 1.28 bits per heavy atom. The largest absolute Gasteiger partial charge is 0.507 e. The van der Waals surface area contributed by atoms with Crippen molar-refractivity contribution in [3.8, 4) is 5.75 Å². The molecule has 0 aromatic heterocycles. The SMILES string of the molecule is CC(=O)N(CCN)Cc1cccc(C2(C)CB(O)[C@H](Cc3cccc(C(=O)O)c3O)N2)c1. The van der Waals surface area contributed by atoms with E-state index in [0.29, 0.717) is 31.5 Å². The molecule has 2 aromatic rings. The van der Waals surface area contributed by atoms with Crippen LogP contribution in [0.15, 0.2) is 42.5 Å². The maximum atomic E-state index is 11.9. The number of nitrogens with two attached hydrogens (primary N) is 1. The van der Waals surface area contributed by atoms with Gasteiger partial charge in [0.05, 0.1) is 0 Å². The molecule has 3 rings (SSSR count). The lowest BCUT2D eigenvalue weighted by Gasteiger charge is -2.28. The average Bonchev–Trinajstić information content (AvgIpc) is 3.03. The summed E-state index contributed by atoms with van der Waals surface area (Å²) < 4.78 is 0. The summed E-state index contributed by atoms with van der Waals surface area (Å²) in [6, 6.07) is 12.5. The Morgan fingerprint density at radius 3 is 2.66 bits per heavy atom. The van der Waals surface area contributed by atoms with Gasteiger partial charge < -0.3 is 31.2 Å². The predicted molar refractivity (Wildman–Crippen MR) is 122 cm³/mol. The molecule has 0 bridgehead atoms. The van der Waals surface area contributed by atoms with Crippen LogP contribution in [0.4, 0.5) is 0 Å². The highest BCUT2D eigenvalue weighted by Gasteiger charge is 2.45. The van der Waals surface area contributed by atoms with Gasteiger partial charge in [-0.3, -0.25) is 4.79 Å². The molecular weight excluding hydrogens is 409 g/mol. The Balaban J connectivity index is 1.79. The maximum Gasteiger partial charge on any atom is 0.339 e. The Bertz CT molecular complexity index is 1000. The quantitative estimate of drug-likeness (QED) is 0.392. The second-order valence-electron chi connectivity index (χ2n) is 8.61. The molecule has 1 aliphatic rings. The van der Waals surface area contributed by atoms with Gasteiger partial charge in [-0.05, 0) is 42.4 Å². The van der Waals surface area contributed by atoms with Gasteiger partial charge in [-0.1, -0.05) is 36.4 Å². The first-order valence-electron chi connectivity index (χ1n) is 10.7. The van der Waals surface area contributed by atoms with Gasteiger partial charge in [0.25, 0.3) is 0 Å². The second-order valence-corrected chi connectivity index (χ2v) is 8.61. The number of benzene rings is 2.